The van der Waals surface area contributed by atoms with Crippen molar-refractivity contribution in [2.45, 2.75) is 25.7 Å². The fourth-order valence-corrected chi connectivity index (χ4v) is 1.82. The Hall–Kier alpha value is -0.980. The van der Waals surface area contributed by atoms with Gasteiger partial charge in [0.15, 0.2) is 5.69 Å². The summed E-state index contributed by atoms with van der Waals surface area (Å²) in [5, 5.41) is 3.79. The van der Waals surface area contributed by atoms with Crippen LogP contribution >= 0.6 is 12.6 Å². The first-order valence-corrected chi connectivity index (χ1v) is 4.75. The van der Waals surface area contributed by atoms with Crippen molar-refractivity contribution in [3.05, 3.63) is 17.5 Å². The maximum atomic E-state index is 12.4. The Bertz CT molecular complexity index is 421. The van der Waals surface area contributed by atoms with Gasteiger partial charge in [-0.05, 0) is 13.0 Å². The molecule has 0 bridgehead atoms. The minimum Gasteiger partial charge on any atom is -0.271 e. The zero-order valence-electron chi connectivity index (χ0n) is 7.78. The molecule has 0 aliphatic carbocycles. The van der Waals surface area contributed by atoms with Crippen LogP contribution in [0.1, 0.15) is 18.3 Å². The number of alkyl halides is 3. The molecule has 0 spiro atoms. The highest BCUT2D eigenvalue weighted by Crippen LogP contribution is 2.30. The van der Waals surface area contributed by atoms with Crippen LogP contribution in [0, 0.1) is 0 Å². The molecule has 15 heavy (non-hydrogen) atoms. The predicted molar refractivity (Wildman–Crippen MR) is 52.2 cm³/mol. The highest BCUT2D eigenvalue weighted by Gasteiger charge is 2.36. The number of rotatable bonds is 0. The van der Waals surface area contributed by atoms with Crippen LogP contribution in [0.4, 0.5) is 13.2 Å². The molecule has 1 unspecified atom stereocenters. The van der Waals surface area contributed by atoms with Gasteiger partial charge in [0.25, 0.3) is 0 Å². The molecule has 1 aromatic rings. The summed E-state index contributed by atoms with van der Waals surface area (Å²) < 4.78 is 38.4. The second kappa shape index (κ2) is 3.26. The second-order valence-corrected chi connectivity index (χ2v) is 3.82. The first-order valence-electron chi connectivity index (χ1n) is 4.30. The molecule has 7 heteroatoms. The van der Waals surface area contributed by atoms with E-state index in [-0.39, 0.29) is 6.04 Å². The fraction of sp³-hybridized carbons (Fsp3) is 0.500. The smallest absolute Gasteiger partial charge is 0.271 e. The van der Waals surface area contributed by atoms with Crippen LogP contribution in [-0.4, -0.2) is 20.9 Å². The third-order valence-electron chi connectivity index (χ3n) is 2.08. The normalized spacial score (nSPS) is 21.1. The molecule has 2 rings (SSSR count). The van der Waals surface area contributed by atoms with Gasteiger partial charge < -0.3 is 0 Å². The molecule has 3 nitrogen and oxygen atoms in total. The van der Waals surface area contributed by atoms with Crippen molar-refractivity contribution in [2.24, 2.45) is 4.99 Å². The molecule has 1 aromatic heterocycles. The van der Waals surface area contributed by atoms with Crippen molar-refractivity contribution in [2.75, 3.05) is 0 Å². The van der Waals surface area contributed by atoms with E-state index in [4.69, 9.17) is 0 Å². The Morgan fingerprint density at radius 1 is 1.53 bits per heavy atom. The molecule has 0 aromatic carbocycles. The lowest BCUT2D eigenvalue weighted by atomic mass is 10.3. The largest absolute Gasteiger partial charge is 0.435 e. The second-order valence-electron chi connectivity index (χ2n) is 3.40. The number of thiol groups is 1. The lowest BCUT2D eigenvalue weighted by Crippen LogP contribution is -2.22. The molecule has 0 amide bonds. The van der Waals surface area contributed by atoms with Gasteiger partial charge in [-0.25, -0.2) is 0 Å². The first kappa shape index (κ1) is 10.5. The van der Waals surface area contributed by atoms with Gasteiger partial charge in [0.1, 0.15) is 5.04 Å². The average Bonchev–Trinajstić information content (AvgIpc) is 2.46. The van der Waals surface area contributed by atoms with Gasteiger partial charge in [-0.2, -0.15) is 18.3 Å². The predicted octanol–water partition coefficient (Wildman–Crippen LogP) is 1.98. The van der Waals surface area contributed by atoms with Crippen molar-refractivity contribution >= 4 is 17.7 Å². The van der Waals surface area contributed by atoms with Gasteiger partial charge in [0.05, 0.1) is 18.3 Å². The quantitative estimate of drug-likeness (QED) is 0.685. The number of aromatic nitrogens is 2. The van der Waals surface area contributed by atoms with Crippen molar-refractivity contribution in [3.8, 4) is 0 Å². The van der Waals surface area contributed by atoms with Crippen molar-refractivity contribution in [1.29, 1.82) is 0 Å². The van der Waals surface area contributed by atoms with Crippen molar-refractivity contribution in [3.63, 3.8) is 0 Å². The highest BCUT2D eigenvalue weighted by atomic mass is 32.1. The van der Waals surface area contributed by atoms with E-state index in [2.05, 4.69) is 22.7 Å². The molecule has 0 N–H and O–H groups in total. The van der Waals surface area contributed by atoms with Crippen LogP contribution in [0.2, 0.25) is 0 Å². The lowest BCUT2D eigenvalue weighted by Gasteiger charge is -2.16. The Labute approximate surface area is 89.4 Å². The summed E-state index contributed by atoms with van der Waals surface area (Å²) in [6, 6.07) is 0.878. The summed E-state index contributed by atoms with van der Waals surface area (Å²) in [6.07, 6.45) is -4.42. The van der Waals surface area contributed by atoms with Crippen LogP contribution in [0.5, 0.6) is 0 Å². The van der Waals surface area contributed by atoms with Crippen LogP contribution in [-0.2, 0) is 12.7 Å². The summed E-state index contributed by atoms with van der Waals surface area (Å²) in [6.45, 7) is 2.16. The molecular formula is C8H8F3N3S. The maximum Gasteiger partial charge on any atom is 0.435 e. The summed E-state index contributed by atoms with van der Waals surface area (Å²) in [7, 11) is 0. The Morgan fingerprint density at radius 3 is 2.80 bits per heavy atom. The van der Waals surface area contributed by atoms with E-state index >= 15 is 0 Å². The monoisotopic (exact) mass is 235 g/mol. The zero-order valence-corrected chi connectivity index (χ0v) is 8.68. The minimum atomic E-state index is -4.42. The number of hydrogen-bond donors (Lipinski definition) is 1. The van der Waals surface area contributed by atoms with E-state index in [1.165, 1.54) is 4.68 Å². The maximum absolute atomic E-state index is 12.4. The summed E-state index contributed by atoms with van der Waals surface area (Å²) in [5.74, 6) is 0. The Balaban J connectivity index is 2.46. The van der Waals surface area contributed by atoms with Gasteiger partial charge in [-0.3, -0.25) is 9.67 Å². The summed E-state index contributed by atoms with van der Waals surface area (Å²) in [5.41, 5.74) is -0.572. The molecule has 0 saturated heterocycles. The van der Waals surface area contributed by atoms with E-state index in [0.717, 1.165) is 6.07 Å². The third kappa shape index (κ3) is 1.88. The fourth-order valence-electron chi connectivity index (χ4n) is 1.44. The molecule has 0 radical (unpaired) electrons. The number of aliphatic imine (C=N–C) groups is 1. The number of hydrogen-bond acceptors (Lipinski definition) is 2. The Kier molecular flexibility index (Phi) is 2.29. The number of fused-ring (bicyclic) bond motifs is 1. The van der Waals surface area contributed by atoms with E-state index in [1.54, 1.807) is 6.92 Å². The van der Waals surface area contributed by atoms with Crippen LogP contribution in [0.25, 0.3) is 0 Å². The van der Waals surface area contributed by atoms with Gasteiger partial charge in [-0.15, -0.1) is 12.6 Å². The van der Waals surface area contributed by atoms with Crippen LogP contribution in [0.15, 0.2) is 11.1 Å². The van der Waals surface area contributed by atoms with Gasteiger partial charge in [0, 0.05) is 0 Å². The zero-order chi connectivity index (χ0) is 11.2. The molecule has 0 saturated carbocycles. The molecular weight excluding hydrogens is 227 g/mol. The van der Waals surface area contributed by atoms with E-state index in [0.29, 0.717) is 17.3 Å². The molecule has 0 fully saturated rings. The Morgan fingerprint density at radius 2 is 2.20 bits per heavy atom. The van der Waals surface area contributed by atoms with Crippen molar-refractivity contribution < 1.29 is 13.2 Å². The first-order chi connectivity index (χ1) is 6.88. The highest BCUT2D eigenvalue weighted by molar-refractivity contribution is 7.97. The standard InChI is InChI=1S/C8H8F3N3S/c1-4-3-14-5(7(15)12-4)2-6(13-14)8(9,10)11/h2,4H,3H2,1H3,(H,12,15). The van der Waals surface area contributed by atoms with Gasteiger partial charge in [0.2, 0.25) is 0 Å². The average molecular weight is 235 g/mol. The topological polar surface area (TPSA) is 30.2 Å². The van der Waals surface area contributed by atoms with E-state index in [1.807, 2.05) is 0 Å². The van der Waals surface area contributed by atoms with E-state index < -0.39 is 11.9 Å². The van der Waals surface area contributed by atoms with Gasteiger partial charge in [-0.1, -0.05) is 0 Å². The molecule has 1 atom stereocenters. The molecule has 82 valence electrons. The SMILES string of the molecule is CC1Cn2nc(C(F)(F)F)cc2C(S)=N1. The third-order valence-corrected chi connectivity index (χ3v) is 2.42. The summed E-state index contributed by atoms with van der Waals surface area (Å²) in [4.78, 5) is 4.07. The minimum absolute atomic E-state index is 0.0917. The molecule has 1 aliphatic rings. The van der Waals surface area contributed by atoms with Gasteiger partial charge >= 0.3 is 6.18 Å². The molecule has 2 heterocycles. The van der Waals surface area contributed by atoms with Crippen LogP contribution in [0.3, 0.4) is 0 Å². The van der Waals surface area contributed by atoms with Crippen molar-refractivity contribution in [1.82, 2.24) is 9.78 Å². The number of halogens is 3. The van der Waals surface area contributed by atoms with E-state index in [9.17, 15) is 13.2 Å². The number of nitrogens with zero attached hydrogens (tertiary/aromatic N) is 3. The van der Waals surface area contributed by atoms with Crippen LogP contribution < -0.4 is 0 Å². The lowest BCUT2D eigenvalue weighted by molar-refractivity contribution is -0.141. The molecule has 1 aliphatic heterocycles. The summed E-state index contributed by atoms with van der Waals surface area (Å²) >= 11 is 4.03.